The molecule has 0 aliphatic carbocycles. The molecule has 0 heterocycles. The molecule has 6 nitrogen and oxygen atoms in total. The molecule has 0 amide bonds. The summed E-state index contributed by atoms with van der Waals surface area (Å²) in [5.74, 6) is -0.316. The van der Waals surface area contributed by atoms with Crippen LogP contribution in [0.2, 0.25) is 0 Å². The van der Waals surface area contributed by atoms with Crippen LogP contribution in [0.25, 0.3) is 0 Å². The van der Waals surface area contributed by atoms with Crippen molar-refractivity contribution in [3.8, 4) is 11.5 Å². The first kappa shape index (κ1) is 10.9. The SMILES string of the molecule is [O-]B([O-])Oc1ccccc1OB([O-])O. The van der Waals surface area contributed by atoms with Crippen molar-refractivity contribution in [3.05, 3.63) is 24.3 Å². The van der Waals surface area contributed by atoms with Gasteiger partial charge >= 0.3 is 7.32 Å². The van der Waals surface area contributed by atoms with Gasteiger partial charge in [0.05, 0.1) is 0 Å². The Hall–Kier alpha value is -1.21. The second kappa shape index (κ2) is 4.87. The van der Waals surface area contributed by atoms with Crippen molar-refractivity contribution in [1.82, 2.24) is 0 Å². The lowest BCUT2D eigenvalue weighted by atomic mass is 10.2. The van der Waals surface area contributed by atoms with Crippen LogP contribution in [0, 0.1) is 0 Å². The lowest BCUT2D eigenvalue weighted by molar-refractivity contribution is -0.372. The molecule has 0 atom stereocenters. The van der Waals surface area contributed by atoms with Crippen LogP contribution in [0.4, 0.5) is 0 Å². The summed E-state index contributed by atoms with van der Waals surface area (Å²) < 4.78 is 8.60. The molecule has 1 rings (SSSR count). The Balaban J connectivity index is 2.80. The molecular weight excluding hydrogens is 190 g/mol. The zero-order chi connectivity index (χ0) is 10.6. The van der Waals surface area contributed by atoms with Crippen molar-refractivity contribution < 1.29 is 29.4 Å². The monoisotopic (exact) mass is 195 g/mol. The zero-order valence-corrected chi connectivity index (χ0v) is 6.95. The third kappa shape index (κ3) is 3.27. The van der Waals surface area contributed by atoms with Gasteiger partial charge in [0, 0.05) is 0 Å². The van der Waals surface area contributed by atoms with E-state index in [1.165, 1.54) is 24.3 Å². The summed E-state index contributed by atoms with van der Waals surface area (Å²) in [4.78, 5) is 0. The minimum atomic E-state index is -2.51. The van der Waals surface area contributed by atoms with Crippen LogP contribution < -0.4 is 24.4 Å². The maximum Gasteiger partial charge on any atom is 0.415 e. The minimum absolute atomic E-state index is 0.147. The number of hydrogen-bond donors (Lipinski definition) is 1. The predicted octanol–water partition coefficient (Wildman–Crippen LogP) is -3.51. The van der Waals surface area contributed by atoms with Crippen molar-refractivity contribution in [2.75, 3.05) is 0 Å². The Morgan fingerprint density at radius 2 is 1.50 bits per heavy atom. The highest BCUT2D eigenvalue weighted by molar-refractivity contribution is 6.32. The highest BCUT2D eigenvalue weighted by Gasteiger charge is 2.04. The maximum atomic E-state index is 10.3. The highest BCUT2D eigenvalue weighted by atomic mass is 16.6. The molecule has 1 aromatic rings. The van der Waals surface area contributed by atoms with Gasteiger partial charge in [0.1, 0.15) is 18.8 Å². The predicted molar refractivity (Wildman–Crippen MR) is 41.4 cm³/mol. The van der Waals surface area contributed by atoms with E-state index in [0.717, 1.165) is 0 Å². The highest BCUT2D eigenvalue weighted by Crippen LogP contribution is 2.25. The van der Waals surface area contributed by atoms with E-state index in [4.69, 9.17) is 5.02 Å². The van der Waals surface area contributed by atoms with Gasteiger partial charge in [-0.2, -0.15) is 0 Å². The average molecular weight is 195 g/mol. The molecule has 0 aliphatic heterocycles. The first-order chi connectivity index (χ1) is 6.59. The standard InChI is InChI=1S/C6H5B2O6/c9-7(10)13-5-3-1-2-4-6(5)14-8(11)12/h1-4,9H/q-3. The summed E-state index contributed by atoms with van der Waals surface area (Å²) in [7, 11) is -4.79. The van der Waals surface area contributed by atoms with E-state index >= 15 is 0 Å². The van der Waals surface area contributed by atoms with Crippen LogP contribution in [0.15, 0.2) is 24.3 Å². The molecule has 0 spiro atoms. The molecular formula is C6H5B2O6-3. The van der Waals surface area contributed by atoms with Crippen molar-refractivity contribution in [2.24, 2.45) is 0 Å². The summed E-state index contributed by atoms with van der Waals surface area (Å²) in [5, 5.41) is 39.0. The van der Waals surface area contributed by atoms with Gasteiger partial charge < -0.3 is 29.4 Å². The Morgan fingerprint density at radius 3 is 1.93 bits per heavy atom. The van der Waals surface area contributed by atoms with Gasteiger partial charge in [0.25, 0.3) is 0 Å². The lowest BCUT2D eigenvalue weighted by Crippen LogP contribution is -2.50. The average Bonchev–Trinajstić information content (AvgIpc) is 2.06. The Kier molecular flexibility index (Phi) is 3.78. The molecule has 0 aromatic heterocycles. The summed E-state index contributed by atoms with van der Waals surface area (Å²) >= 11 is 0. The molecule has 0 saturated heterocycles. The molecule has 0 bridgehead atoms. The Bertz CT molecular complexity index is 262. The van der Waals surface area contributed by atoms with Gasteiger partial charge in [0.15, 0.2) is 0 Å². The third-order valence-electron chi connectivity index (χ3n) is 1.30. The number of benzene rings is 1. The van der Waals surface area contributed by atoms with Crippen LogP contribution >= 0.6 is 0 Å². The van der Waals surface area contributed by atoms with Crippen molar-refractivity contribution in [2.45, 2.75) is 0 Å². The molecule has 0 unspecified atom stereocenters. The quantitative estimate of drug-likeness (QED) is 0.498. The van der Waals surface area contributed by atoms with Crippen molar-refractivity contribution >= 4 is 14.6 Å². The number of para-hydroxylation sites is 2. The van der Waals surface area contributed by atoms with Crippen molar-refractivity contribution in [1.29, 1.82) is 0 Å². The molecule has 1 aromatic carbocycles. The number of hydrogen-bond acceptors (Lipinski definition) is 6. The van der Waals surface area contributed by atoms with Gasteiger partial charge in [-0.05, 0) is 12.1 Å². The lowest BCUT2D eigenvalue weighted by Gasteiger charge is -2.28. The van der Waals surface area contributed by atoms with Crippen LogP contribution in [0.5, 0.6) is 11.5 Å². The molecule has 0 aliphatic rings. The fraction of sp³-hybridized carbons (Fsp3) is 0. The van der Waals surface area contributed by atoms with Crippen LogP contribution in [-0.4, -0.2) is 19.7 Å². The minimum Gasteiger partial charge on any atom is -0.860 e. The maximum absolute atomic E-state index is 10.3. The molecule has 0 fully saturated rings. The fourth-order valence-corrected chi connectivity index (χ4v) is 0.857. The fourth-order valence-electron chi connectivity index (χ4n) is 0.857. The van der Waals surface area contributed by atoms with Crippen LogP contribution in [-0.2, 0) is 0 Å². The Morgan fingerprint density at radius 1 is 1.00 bits per heavy atom. The molecule has 1 N–H and O–H groups in total. The zero-order valence-electron chi connectivity index (χ0n) is 6.95. The molecule has 14 heavy (non-hydrogen) atoms. The first-order valence-corrected chi connectivity index (χ1v) is 3.67. The third-order valence-corrected chi connectivity index (χ3v) is 1.30. The van der Waals surface area contributed by atoms with Gasteiger partial charge in [-0.25, -0.2) is 0 Å². The molecule has 0 saturated carbocycles. The van der Waals surface area contributed by atoms with E-state index in [1.807, 2.05) is 0 Å². The smallest absolute Gasteiger partial charge is 0.415 e. The topological polar surface area (TPSA) is 108 Å². The van der Waals surface area contributed by atoms with E-state index in [0.29, 0.717) is 0 Å². The van der Waals surface area contributed by atoms with E-state index in [1.54, 1.807) is 0 Å². The van der Waals surface area contributed by atoms with E-state index < -0.39 is 14.6 Å². The summed E-state index contributed by atoms with van der Waals surface area (Å²) in [6.45, 7) is 0. The van der Waals surface area contributed by atoms with Crippen molar-refractivity contribution in [3.63, 3.8) is 0 Å². The summed E-state index contributed by atoms with van der Waals surface area (Å²) in [5.41, 5.74) is 0. The molecule has 74 valence electrons. The van der Waals surface area contributed by atoms with E-state index in [9.17, 15) is 15.1 Å². The van der Waals surface area contributed by atoms with E-state index in [2.05, 4.69) is 9.31 Å². The normalized spacial score (nSPS) is 9.43. The largest absolute Gasteiger partial charge is 0.860 e. The van der Waals surface area contributed by atoms with Gasteiger partial charge in [-0.15, -0.1) is 0 Å². The van der Waals surface area contributed by atoms with Gasteiger partial charge in [-0.1, -0.05) is 12.1 Å². The summed E-state index contributed by atoms with van der Waals surface area (Å²) in [6, 6.07) is 5.55. The second-order valence-corrected chi connectivity index (χ2v) is 2.28. The van der Waals surface area contributed by atoms with Crippen LogP contribution in [0.3, 0.4) is 0 Å². The first-order valence-electron chi connectivity index (χ1n) is 3.67. The van der Waals surface area contributed by atoms with Gasteiger partial charge in [0.2, 0.25) is 0 Å². The summed E-state index contributed by atoms with van der Waals surface area (Å²) in [6.07, 6.45) is 0. The van der Waals surface area contributed by atoms with Gasteiger partial charge in [-0.3, -0.25) is 0 Å². The van der Waals surface area contributed by atoms with Crippen LogP contribution in [0.1, 0.15) is 0 Å². The number of rotatable bonds is 4. The second-order valence-electron chi connectivity index (χ2n) is 2.28. The molecule has 8 heteroatoms. The van der Waals surface area contributed by atoms with E-state index in [-0.39, 0.29) is 11.5 Å². The Labute approximate surface area is 80.7 Å². The molecule has 0 radical (unpaired) electrons.